The van der Waals surface area contributed by atoms with Crippen molar-refractivity contribution >= 4 is 32.6 Å². The first kappa shape index (κ1) is 19.1. The number of hydrogen-bond acceptors (Lipinski definition) is 6. The average Bonchev–Trinajstić information content (AvgIpc) is 3.36. The van der Waals surface area contributed by atoms with E-state index in [0.29, 0.717) is 24.5 Å². The van der Waals surface area contributed by atoms with E-state index in [1.54, 1.807) is 28.4 Å². The first-order chi connectivity index (χ1) is 14.1. The SMILES string of the molecule is CC(C)c1c(C(=O)NCCNc2nc3ccccc3s2)cnn1-c1ccccn1. The van der Waals surface area contributed by atoms with Gasteiger partial charge in [0.15, 0.2) is 10.9 Å². The number of pyridine rings is 1. The van der Waals surface area contributed by atoms with Crippen molar-refractivity contribution in [2.24, 2.45) is 0 Å². The molecule has 0 spiro atoms. The maximum atomic E-state index is 12.7. The van der Waals surface area contributed by atoms with Crippen LogP contribution in [0.2, 0.25) is 0 Å². The second-order valence-corrected chi connectivity index (χ2v) is 7.90. The Hall–Kier alpha value is -3.26. The zero-order valence-corrected chi connectivity index (χ0v) is 17.1. The largest absolute Gasteiger partial charge is 0.360 e. The molecule has 1 aromatic carbocycles. The van der Waals surface area contributed by atoms with Crippen LogP contribution >= 0.6 is 11.3 Å². The summed E-state index contributed by atoms with van der Waals surface area (Å²) in [6.45, 7) is 5.17. The highest BCUT2D eigenvalue weighted by Crippen LogP contribution is 2.25. The average molecular weight is 407 g/mol. The Morgan fingerprint density at radius 3 is 2.72 bits per heavy atom. The van der Waals surface area contributed by atoms with Crippen LogP contribution in [0.25, 0.3) is 16.0 Å². The molecule has 3 heterocycles. The summed E-state index contributed by atoms with van der Waals surface area (Å²) in [5, 5.41) is 11.5. The van der Waals surface area contributed by atoms with Crippen LogP contribution < -0.4 is 10.6 Å². The van der Waals surface area contributed by atoms with Gasteiger partial charge in [0.25, 0.3) is 5.91 Å². The Bertz CT molecular complexity index is 1090. The number of nitrogens with one attached hydrogen (secondary N) is 2. The van der Waals surface area contributed by atoms with Gasteiger partial charge in [0.05, 0.1) is 27.7 Å². The minimum Gasteiger partial charge on any atom is -0.360 e. The smallest absolute Gasteiger partial charge is 0.254 e. The molecule has 0 unspecified atom stereocenters. The number of thiazole rings is 1. The molecule has 0 fully saturated rings. The van der Waals surface area contributed by atoms with Crippen molar-refractivity contribution in [1.82, 2.24) is 25.1 Å². The summed E-state index contributed by atoms with van der Waals surface area (Å²) in [4.78, 5) is 21.6. The maximum Gasteiger partial charge on any atom is 0.254 e. The van der Waals surface area contributed by atoms with Crippen LogP contribution in [0, 0.1) is 0 Å². The Morgan fingerprint density at radius 2 is 1.97 bits per heavy atom. The lowest BCUT2D eigenvalue weighted by molar-refractivity contribution is 0.0954. The van der Waals surface area contributed by atoms with Gasteiger partial charge < -0.3 is 10.6 Å². The van der Waals surface area contributed by atoms with Crippen LogP contribution in [-0.4, -0.2) is 38.7 Å². The predicted octanol–water partition coefficient (Wildman–Crippen LogP) is 3.84. The number of para-hydroxylation sites is 1. The Labute approximate surface area is 172 Å². The third-order valence-electron chi connectivity index (χ3n) is 4.44. The zero-order valence-electron chi connectivity index (χ0n) is 16.3. The van der Waals surface area contributed by atoms with E-state index in [0.717, 1.165) is 21.0 Å². The summed E-state index contributed by atoms with van der Waals surface area (Å²) in [6, 6.07) is 13.7. The summed E-state index contributed by atoms with van der Waals surface area (Å²) < 4.78 is 2.88. The topological polar surface area (TPSA) is 84.7 Å². The number of hydrogen-bond donors (Lipinski definition) is 2. The van der Waals surface area contributed by atoms with Gasteiger partial charge in [-0.15, -0.1) is 0 Å². The zero-order chi connectivity index (χ0) is 20.2. The summed E-state index contributed by atoms with van der Waals surface area (Å²) in [5.74, 6) is 0.691. The van der Waals surface area contributed by atoms with Crippen molar-refractivity contribution < 1.29 is 4.79 Å². The van der Waals surface area contributed by atoms with Gasteiger partial charge in [-0.2, -0.15) is 5.10 Å². The molecule has 0 aliphatic rings. The van der Waals surface area contributed by atoms with Crippen LogP contribution in [0.15, 0.2) is 54.9 Å². The molecule has 0 bridgehead atoms. The molecule has 3 aromatic heterocycles. The van der Waals surface area contributed by atoms with E-state index in [9.17, 15) is 4.79 Å². The normalized spacial score (nSPS) is 11.1. The quantitative estimate of drug-likeness (QED) is 0.456. The van der Waals surface area contributed by atoms with Crippen molar-refractivity contribution in [2.45, 2.75) is 19.8 Å². The molecule has 0 saturated carbocycles. The third kappa shape index (κ3) is 4.12. The van der Waals surface area contributed by atoms with Gasteiger partial charge in [-0.05, 0) is 30.2 Å². The number of anilines is 1. The van der Waals surface area contributed by atoms with E-state index in [2.05, 4.69) is 25.7 Å². The Balaban J connectivity index is 1.40. The highest BCUT2D eigenvalue weighted by molar-refractivity contribution is 7.22. The van der Waals surface area contributed by atoms with Gasteiger partial charge in [-0.25, -0.2) is 14.6 Å². The maximum absolute atomic E-state index is 12.7. The number of carbonyl (C=O) groups is 1. The lowest BCUT2D eigenvalue weighted by Gasteiger charge is -2.12. The molecule has 0 atom stereocenters. The van der Waals surface area contributed by atoms with E-state index >= 15 is 0 Å². The highest BCUT2D eigenvalue weighted by Gasteiger charge is 2.21. The van der Waals surface area contributed by atoms with Crippen molar-refractivity contribution in [1.29, 1.82) is 0 Å². The van der Waals surface area contributed by atoms with Crippen LogP contribution in [0.3, 0.4) is 0 Å². The summed E-state index contributed by atoms with van der Waals surface area (Å²) in [6.07, 6.45) is 3.33. The number of amides is 1. The van der Waals surface area contributed by atoms with E-state index < -0.39 is 0 Å². The highest BCUT2D eigenvalue weighted by atomic mass is 32.1. The molecule has 2 N–H and O–H groups in total. The first-order valence-corrected chi connectivity index (χ1v) is 10.3. The van der Waals surface area contributed by atoms with Crippen molar-refractivity contribution in [3.8, 4) is 5.82 Å². The van der Waals surface area contributed by atoms with E-state index in [4.69, 9.17) is 0 Å². The second kappa shape index (κ2) is 8.40. The van der Waals surface area contributed by atoms with Gasteiger partial charge in [-0.3, -0.25) is 4.79 Å². The summed E-state index contributed by atoms with van der Waals surface area (Å²) >= 11 is 1.60. The number of fused-ring (bicyclic) bond motifs is 1. The second-order valence-electron chi connectivity index (χ2n) is 6.87. The van der Waals surface area contributed by atoms with E-state index in [1.165, 1.54) is 0 Å². The summed E-state index contributed by atoms with van der Waals surface area (Å²) in [5.41, 5.74) is 2.40. The fourth-order valence-corrected chi connectivity index (χ4v) is 4.03. The van der Waals surface area contributed by atoms with E-state index in [-0.39, 0.29) is 11.8 Å². The molecular formula is C21H22N6OS. The van der Waals surface area contributed by atoms with Gasteiger partial charge >= 0.3 is 0 Å². The van der Waals surface area contributed by atoms with Crippen LogP contribution in [0.1, 0.15) is 35.8 Å². The summed E-state index contributed by atoms with van der Waals surface area (Å²) in [7, 11) is 0. The molecule has 0 aliphatic carbocycles. The lowest BCUT2D eigenvalue weighted by Crippen LogP contribution is -2.29. The third-order valence-corrected chi connectivity index (χ3v) is 5.44. The number of benzene rings is 1. The predicted molar refractivity (Wildman–Crippen MR) is 116 cm³/mol. The fraction of sp³-hybridized carbons (Fsp3) is 0.238. The minimum absolute atomic E-state index is 0.126. The molecule has 29 heavy (non-hydrogen) atoms. The van der Waals surface area contributed by atoms with Gasteiger partial charge in [0.2, 0.25) is 0 Å². The van der Waals surface area contributed by atoms with Crippen molar-refractivity contribution in [3.05, 3.63) is 66.1 Å². The fourth-order valence-electron chi connectivity index (χ4n) is 3.14. The first-order valence-electron chi connectivity index (χ1n) is 9.50. The molecule has 0 aliphatic heterocycles. The molecule has 0 saturated heterocycles. The number of aromatic nitrogens is 4. The molecule has 7 nitrogen and oxygen atoms in total. The number of nitrogens with zero attached hydrogens (tertiary/aromatic N) is 4. The number of rotatable bonds is 7. The molecule has 148 valence electrons. The van der Waals surface area contributed by atoms with Crippen molar-refractivity contribution in [2.75, 3.05) is 18.4 Å². The molecule has 4 aromatic rings. The Kier molecular flexibility index (Phi) is 5.53. The molecule has 4 rings (SSSR count). The van der Waals surface area contributed by atoms with Crippen LogP contribution in [0.4, 0.5) is 5.13 Å². The molecular weight excluding hydrogens is 384 g/mol. The monoisotopic (exact) mass is 406 g/mol. The number of carbonyl (C=O) groups excluding carboxylic acids is 1. The van der Waals surface area contributed by atoms with E-state index in [1.807, 2.05) is 56.3 Å². The minimum atomic E-state index is -0.137. The molecule has 0 radical (unpaired) electrons. The van der Waals surface area contributed by atoms with Crippen molar-refractivity contribution in [3.63, 3.8) is 0 Å². The lowest BCUT2D eigenvalue weighted by atomic mass is 10.1. The van der Waals surface area contributed by atoms with Gasteiger partial charge in [-0.1, -0.05) is 43.4 Å². The molecule has 8 heteroatoms. The van der Waals surface area contributed by atoms with Crippen LogP contribution in [0.5, 0.6) is 0 Å². The standard InChI is InChI=1S/C21H22N6OS/c1-14(2)19-15(13-25-27(19)18-9-5-6-10-22-18)20(28)23-11-12-24-21-26-16-7-3-4-8-17(16)29-21/h3-10,13-14H,11-12H2,1-2H3,(H,23,28)(H,24,26). The van der Waals surface area contributed by atoms with Gasteiger partial charge in [0, 0.05) is 19.3 Å². The molecule has 1 amide bonds. The van der Waals surface area contributed by atoms with Gasteiger partial charge in [0.1, 0.15) is 0 Å². The Morgan fingerprint density at radius 1 is 1.14 bits per heavy atom. The van der Waals surface area contributed by atoms with Crippen LogP contribution in [-0.2, 0) is 0 Å².